The summed E-state index contributed by atoms with van der Waals surface area (Å²) in [5.74, 6) is 1.01. The zero-order valence-electron chi connectivity index (χ0n) is 9.99. The molecule has 1 N–H and O–H groups in total. The Bertz CT molecular complexity index is 531. The van der Waals surface area contributed by atoms with Crippen molar-refractivity contribution in [1.82, 2.24) is 4.98 Å². The van der Waals surface area contributed by atoms with Crippen LogP contribution in [0, 0.1) is 6.92 Å². The number of hydrogen-bond acceptors (Lipinski definition) is 3. The second-order valence-corrected chi connectivity index (χ2v) is 5.54. The molecule has 2 heterocycles. The van der Waals surface area contributed by atoms with E-state index < -0.39 is 0 Å². The Morgan fingerprint density at radius 2 is 2.24 bits per heavy atom. The summed E-state index contributed by atoms with van der Waals surface area (Å²) in [6, 6.07) is 6.49. The first-order valence-electron chi connectivity index (χ1n) is 6.08. The third-order valence-electron chi connectivity index (χ3n) is 3.33. The molecule has 2 aromatic heterocycles. The number of thiophene rings is 1. The van der Waals surface area contributed by atoms with E-state index in [1.54, 1.807) is 11.3 Å². The van der Waals surface area contributed by atoms with Crippen LogP contribution in [0.3, 0.4) is 0 Å². The van der Waals surface area contributed by atoms with Crippen LogP contribution in [0.4, 0.5) is 5.82 Å². The molecule has 0 aromatic carbocycles. The number of rotatable bonds is 3. The molecule has 0 spiro atoms. The van der Waals surface area contributed by atoms with Gasteiger partial charge in [0, 0.05) is 10.6 Å². The summed E-state index contributed by atoms with van der Waals surface area (Å²) in [6.07, 6.45) is 3.60. The molecule has 0 bridgehead atoms. The number of pyridine rings is 1. The second-order valence-electron chi connectivity index (χ2n) is 4.54. The number of aryl methyl sites for hydroxylation is 3. The average Bonchev–Trinajstić information content (AvgIpc) is 2.94. The van der Waals surface area contributed by atoms with E-state index in [4.69, 9.17) is 0 Å². The van der Waals surface area contributed by atoms with E-state index in [1.165, 1.54) is 34.5 Å². The molecule has 0 saturated carbocycles. The molecule has 0 atom stereocenters. The van der Waals surface area contributed by atoms with Crippen LogP contribution in [-0.2, 0) is 19.4 Å². The van der Waals surface area contributed by atoms with Gasteiger partial charge in [-0.15, -0.1) is 11.3 Å². The highest BCUT2D eigenvalue weighted by Crippen LogP contribution is 2.22. The van der Waals surface area contributed by atoms with Gasteiger partial charge in [-0.25, -0.2) is 4.98 Å². The molecule has 0 aliphatic heterocycles. The average molecular weight is 244 g/mol. The fourth-order valence-electron chi connectivity index (χ4n) is 2.28. The van der Waals surface area contributed by atoms with Crippen LogP contribution >= 0.6 is 11.3 Å². The number of nitrogens with zero attached hydrogens (tertiary/aromatic N) is 1. The first-order valence-corrected chi connectivity index (χ1v) is 6.96. The van der Waals surface area contributed by atoms with Gasteiger partial charge >= 0.3 is 0 Å². The molecule has 3 rings (SSSR count). The molecule has 1 aliphatic carbocycles. The molecule has 17 heavy (non-hydrogen) atoms. The van der Waals surface area contributed by atoms with E-state index in [0.717, 1.165) is 18.8 Å². The van der Waals surface area contributed by atoms with Gasteiger partial charge < -0.3 is 5.32 Å². The molecule has 88 valence electrons. The van der Waals surface area contributed by atoms with Crippen LogP contribution in [0.15, 0.2) is 23.6 Å². The lowest BCUT2D eigenvalue weighted by Gasteiger charge is -2.07. The highest BCUT2D eigenvalue weighted by Gasteiger charge is 2.12. The third kappa shape index (κ3) is 2.20. The highest BCUT2D eigenvalue weighted by atomic mass is 32.1. The summed E-state index contributed by atoms with van der Waals surface area (Å²) < 4.78 is 0. The van der Waals surface area contributed by atoms with E-state index in [0.29, 0.717) is 0 Å². The van der Waals surface area contributed by atoms with Gasteiger partial charge in [0.1, 0.15) is 5.82 Å². The lowest BCUT2D eigenvalue weighted by atomic mass is 10.2. The third-order valence-corrected chi connectivity index (χ3v) is 4.35. The number of aromatic nitrogens is 1. The van der Waals surface area contributed by atoms with E-state index in [-0.39, 0.29) is 0 Å². The molecule has 0 amide bonds. The van der Waals surface area contributed by atoms with Crippen LogP contribution in [-0.4, -0.2) is 4.98 Å². The first-order chi connectivity index (χ1) is 8.33. The summed E-state index contributed by atoms with van der Waals surface area (Å²) in [4.78, 5) is 6.07. The Morgan fingerprint density at radius 3 is 3.06 bits per heavy atom. The summed E-state index contributed by atoms with van der Waals surface area (Å²) in [7, 11) is 0. The molecule has 0 unspecified atom stereocenters. The standard InChI is InChI=1S/C14H16N2S/c1-10-7-8-17-13(10)9-15-14-6-5-11-3-2-4-12(11)16-14/h5-8H,2-4,9H2,1H3,(H,15,16). The van der Waals surface area contributed by atoms with Crippen molar-refractivity contribution in [2.24, 2.45) is 0 Å². The van der Waals surface area contributed by atoms with E-state index >= 15 is 0 Å². The largest absolute Gasteiger partial charge is 0.365 e. The Hall–Kier alpha value is -1.35. The van der Waals surface area contributed by atoms with E-state index in [9.17, 15) is 0 Å². The molecule has 0 saturated heterocycles. The lowest BCUT2D eigenvalue weighted by Crippen LogP contribution is -2.02. The Balaban J connectivity index is 1.72. The Kier molecular flexibility index (Phi) is 2.85. The smallest absolute Gasteiger partial charge is 0.126 e. The van der Waals surface area contributed by atoms with Crippen molar-refractivity contribution >= 4 is 17.2 Å². The van der Waals surface area contributed by atoms with Crippen molar-refractivity contribution < 1.29 is 0 Å². The summed E-state index contributed by atoms with van der Waals surface area (Å²) in [5.41, 5.74) is 4.09. The van der Waals surface area contributed by atoms with Crippen LogP contribution in [0.5, 0.6) is 0 Å². The van der Waals surface area contributed by atoms with Gasteiger partial charge in [0.2, 0.25) is 0 Å². The maximum atomic E-state index is 4.68. The van der Waals surface area contributed by atoms with Crippen molar-refractivity contribution in [3.8, 4) is 0 Å². The number of nitrogens with one attached hydrogen (secondary N) is 1. The van der Waals surface area contributed by atoms with Crippen molar-refractivity contribution in [1.29, 1.82) is 0 Å². The molecule has 2 aromatic rings. The molecule has 3 heteroatoms. The zero-order chi connectivity index (χ0) is 11.7. The van der Waals surface area contributed by atoms with Crippen LogP contribution in [0.2, 0.25) is 0 Å². The van der Waals surface area contributed by atoms with E-state index in [2.05, 4.69) is 40.8 Å². The highest BCUT2D eigenvalue weighted by molar-refractivity contribution is 7.10. The Morgan fingerprint density at radius 1 is 1.29 bits per heavy atom. The van der Waals surface area contributed by atoms with Gasteiger partial charge in [-0.1, -0.05) is 6.07 Å². The minimum Gasteiger partial charge on any atom is -0.365 e. The monoisotopic (exact) mass is 244 g/mol. The minimum atomic E-state index is 0.884. The maximum absolute atomic E-state index is 4.68. The van der Waals surface area contributed by atoms with Gasteiger partial charge in [-0.3, -0.25) is 0 Å². The summed E-state index contributed by atoms with van der Waals surface area (Å²) in [6.45, 7) is 3.04. The number of fused-ring (bicyclic) bond motifs is 1. The van der Waals surface area contributed by atoms with Gasteiger partial charge in [0.05, 0.1) is 6.54 Å². The zero-order valence-corrected chi connectivity index (χ0v) is 10.8. The number of hydrogen-bond donors (Lipinski definition) is 1. The molecule has 1 aliphatic rings. The van der Waals surface area contributed by atoms with Crippen molar-refractivity contribution in [2.75, 3.05) is 5.32 Å². The quantitative estimate of drug-likeness (QED) is 0.893. The SMILES string of the molecule is Cc1ccsc1CNc1ccc2c(n1)CCC2. The topological polar surface area (TPSA) is 24.9 Å². The summed E-state index contributed by atoms with van der Waals surface area (Å²) in [5, 5.41) is 5.56. The van der Waals surface area contributed by atoms with Crippen LogP contribution in [0.25, 0.3) is 0 Å². The van der Waals surface area contributed by atoms with Gasteiger partial charge in [-0.2, -0.15) is 0 Å². The molecule has 0 fully saturated rings. The second kappa shape index (κ2) is 4.49. The fraction of sp³-hybridized carbons (Fsp3) is 0.357. The van der Waals surface area contributed by atoms with Crippen molar-refractivity contribution in [2.45, 2.75) is 32.7 Å². The molecule has 2 nitrogen and oxygen atoms in total. The maximum Gasteiger partial charge on any atom is 0.126 e. The normalized spacial score (nSPS) is 13.7. The minimum absolute atomic E-state index is 0.884. The number of anilines is 1. The predicted octanol–water partition coefficient (Wildman–Crippen LogP) is 3.55. The predicted molar refractivity (Wildman–Crippen MR) is 72.6 cm³/mol. The molecular formula is C14H16N2S. The van der Waals surface area contributed by atoms with E-state index in [1.807, 2.05) is 0 Å². The molecule has 0 radical (unpaired) electrons. The fourth-order valence-corrected chi connectivity index (χ4v) is 3.12. The van der Waals surface area contributed by atoms with Gasteiger partial charge in [0.25, 0.3) is 0 Å². The lowest BCUT2D eigenvalue weighted by molar-refractivity contribution is 0.899. The van der Waals surface area contributed by atoms with Crippen molar-refractivity contribution in [3.05, 3.63) is 45.3 Å². The first kappa shape index (κ1) is 10.8. The van der Waals surface area contributed by atoms with Crippen LogP contribution < -0.4 is 5.32 Å². The van der Waals surface area contributed by atoms with Crippen molar-refractivity contribution in [3.63, 3.8) is 0 Å². The molecular weight excluding hydrogens is 228 g/mol. The summed E-state index contributed by atoms with van der Waals surface area (Å²) >= 11 is 1.80. The Labute approximate surface area is 106 Å². The van der Waals surface area contributed by atoms with Crippen LogP contribution in [0.1, 0.15) is 28.1 Å². The van der Waals surface area contributed by atoms with Gasteiger partial charge in [0.15, 0.2) is 0 Å². The van der Waals surface area contributed by atoms with Gasteiger partial charge in [-0.05, 0) is 54.8 Å².